The van der Waals surface area contributed by atoms with E-state index in [-0.39, 0.29) is 5.91 Å². The minimum atomic E-state index is -0.625. The molecule has 0 aromatic heterocycles. The van der Waals surface area contributed by atoms with Gasteiger partial charge in [0.2, 0.25) is 0 Å². The number of nitrogens with two attached hydrogens (primary N) is 1. The molecule has 0 aliphatic carbocycles. The Morgan fingerprint density at radius 3 is 1.94 bits per heavy atom. The predicted octanol–water partition coefficient (Wildman–Crippen LogP) is 7.53. The molecule has 0 bridgehead atoms. The van der Waals surface area contributed by atoms with E-state index in [1.807, 2.05) is 48.5 Å². The smallest absolute Gasteiger partial charge is 0.412 e. The summed E-state index contributed by atoms with van der Waals surface area (Å²) in [5, 5.41) is 5.45. The van der Waals surface area contributed by atoms with Gasteiger partial charge in [-0.15, -0.1) is 0 Å². The third kappa shape index (κ3) is 9.88. The Morgan fingerprint density at radius 2 is 1.42 bits per heavy atom. The van der Waals surface area contributed by atoms with Crippen LogP contribution >= 0.6 is 61.1 Å². The topological polar surface area (TPSA) is 93.4 Å². The van der Waals surface area contributed by atoms with Crippen LogP contribution in [0.3, 0.4) is 0 Å². The number of hydrogen-bond donors (Lipinski definition) is 3. The second-order valence-corrected chi connectivity index (χ2v) is 11.1. The second-order valence-electron chi connectivity index (χ2n) is 7.80. The third-order valence-corrected chi connectivity index (χ3v) is 5.95. The lowest BCUT2D eigenvalue weighted by molar-refractivity contribution is 0.0636. The first-order valence-corrected chi connectivity index (χ1v) is 12.8. The molecule has 0 saturated heterocycles. The normalized spacial score (nSPS) is 10.5. The van der Waals surface area contributed by atoms with Crippen molar-refractivity contribution in [3.63, 3.8) is 0 Å². The van der Waals surface area contributed by atoms with Gasteiger partial charge in [-0.1, -0.05) is 6.07 Å². The number of nitrogens with one attached hydrogen (secondary N) is 2. The molecule has 0 radical (unpaired) electrons. The molecule has 9 heteroatoms. The first kappa shape index (κ1) is 27.4. The Labute approximate surface area is 229 Å². The van der Waals surface area contributed by atoms with Crippen LogP contribution in [0.2, 0.25) is 0 Å². The zero-order chi connectivity index (χ0) is 24.6. The molecule has 3 rings (SSSR count). The Morgan fingerprint density at radius 1 is 0.879 bits per heavy atom. The van der Waals surface area contributed by atoms with Crippen LogP contribution in [0.25, 0.3) is 0 Å². The van der Waals surface area contributed by atoms with Gasteiger partial charge in [0.05, 0.1) is 11.3 Å². The lowest BCUT2D eigenvalue weighted by Crippen LogP contribution is -2.28. The lowest BCUT2D eigenvalue weighted by Gasteiger charge is -2.20. The van der Waals surface area contributed by atoms with Crippen molar-refractivity contribution in [2.75, 3.05) is 16.4 Å². The largest absolute Gasteiger partial charge is 0.444 e. The first-order chi connectivity index (χ1) is 15.4. The minimum Gasteiger partial charge on any atom is -0.444 e. The molecule has 0 fully saturated rings. The van der Waals surface area contributed by atoms with Crippen molar-refractivity contribution in [3.05, 3.63) is 83.9 Å². The number of nitrogen functional groups attached to an aromatic ring is 1. The number of halogens is 3. The molecular weight excluding hydrogens is 712 g/mol. The van der Waals surface area contributed by atoms with Crippen molar-refractivity contribution in [2.45, 2.75) is 26.4 Å². The fraction of sp³-hybridized carbons (Fsp3) is 0.167. The number of benzene rings is 3. The van der Waals surface area contributed by atoms with E-state index in [2.05, 4.69) is 71.7 Å². The quantitative estimate of drug-likeness (QED) is 0.192. The third-order valence-electron chi connectivity index (χ3n) is 3.85. The molecule has 3 aromatic carbocycles. The number of carbonyl (C=O) groups excluding carboxylic acids is 2. The van der Waals surface area contributed by atoms with E-state index >= 15 is 0 Å². The summed E-state index contributed by atoms with van der Waals surface area (Å²) in [4.78, 5) is 24.7. The van der Waals surface area contributed by atoms with Crippen molar-refractivity contribution >= 4 is 90.2 Å². The summed E-state index contributed by atoms with van der Waals surface area (Å²) >= 11 is 7.81. The molecule has 0 aliphatic rings. The average Bonchev–Trinajstić information content (AvgIpc) is 2.71. The molecule has 0 spiro atoms. The van der Waals surface area contributed by atoms with Crippen LogP contribution in [-0.4, -0.2) is 17.6 Å². The van der Waals surface area contributed by atoms with Gasteiger partial charge in [0.25, 0.3) is 5.91 Å². The van der Waals surface area contributed by atoms with E-state index < -0.39 is 11.7 Å². The number of carbonyl (C=O) groups is 2. The molecule has 0 aliphatic heterocycles. The van der Waals surface area contributed by atoms with Gasteiger partial charge in [0.15, 0.2) is 0 Å². The molecule has 0 unspecified atom stereocenters. The van der Waals surface area contributed by atoms with Gasteiger partial charge in [-0.2, -0.15) is 0 Å². The van der Waals surface area contributed by atoms with Crippen LogP contribution in [-0.2, 0) is 4.74 Å². The number of anilines is 3. The molecule has 0 saturated carbocycles. The lowest BCUT2D eigenvalue weighted by atomic mass is 10.1. The van der Waals surface area contributed by atoms with E-state index in [9.17, 15) is 9.59 Å². The fourth-order valence-corrected chi connectivity index (χ4v) is 3.73. The molecule has 0 heterocycles. The monoisotopic (exact) mass is 735 g/mol. The maximum absolute atomic E-state index is 12.7. The van der Waals surface area contributed by atoms with Gasteiger partial charge in [0, 0.05) is 23.0 Å². The van der Waals surface area contributed by atoms with E-state index in [1.165, 1.54) is 3.57 Å². The number of amides is 2. The highest BCUT2D eigenvalue weighted by molar-refractivity contribution is 14.1. The van der Waals surface area contributed by atoms with Crippen molar-refractivity contribution in [1.82, 2.24) is 0 Å². The standard InChI is InChI=1S/C18H18BrIN2O3.C6H6IN/c1-18(2,3)25-17(24)22-14-6-4-5-13(19)15(14)16(23)21-12-9-7-11(20)8-10-12;7-5-1-3-6(8)4-2-5/h4-10H,1-3H3,(H,21,23)(H,22,24);1-4H,8H2. The van der Waals surface area contributed by atoms with Crippen molar-refractivity contribution < 1.29 is 14.3 Å². The van der Waals surface area contributed by atoms with E-state index in [4.69, 9.17) is 10.5 Å². The Bertz CT molecular complexity index is 1080. The summed E-state index contributed by atoms with van der Waals surface area (Å²) in [5.74, 6) is -0.334. The highest BCUT2D eigenvalue weighted by atomic mass is 127. The van der Waals surface area contributed by atoms with Crippen molar-refractivity contribution in [3.8, 4) is 0 Å². The second kappa shape index (κ2) is 12.6. The maximum atomic E-state index is 12.7. The van der Waals surface area contributed by atoms with E-state index in [0.29, 0.717) is 21.4 Å². The summed E-state index contributed by atoms with van der Waals surface area (Å²) in [7, 11) is 0. The maximum Gasteiger partial charge on any atom is 0.412 e. The Hall–Kier alpha value is -1.86. The molecule has 4 N–H and O–H groups in total. The van der Waals surface area contributed by atoms with Crippen LogP contribution in [0.4, 0.5) is 21.9 Å². The van der Waals surface area contributed by atoms with Gasteiger partial charge < -0.3 is 15.8 Å². The van der Waals surface area contributed by atoms with Gasteiger partial charge in [-0.3, -0.25) is 10.1 Å². The number of hydrogen-bond acceptors (Lipinski definition) is 4. The molecule has 6 nitrogen and oxygen atoms in total. The molecule has 174 valence electrons. The molecule has 2 amide bonds. The van der Waals surface area contributed by atoms with Crippen molar-refractivity contribution in [2.24, 2.45) is 0 Å². The molecule has 3 aromatic rings. The van der Waals surface area contributed by atoms with Crippen LogP contribution < -0.4 is 16.4 Å². The fourth-order valence-electron chi connectivity index (χ4n) is 2.46. The summed E-state index contributed by atoms with van der Waals surface area (Å²) in [6.07, 6.45) is -0.617. The molecule has 0 atom stereocenters. The van der Waals surface area contributed by atoms with E-state index in [0.717, 1.165) is 9.26 Å². The summed E-state index contributed by atoms with van der Waals surface area (Å²) in [5.41, 5.74) is 6.99. The predicted molar refractivity (Wildman–Crippen MR) is 155 cm³/mol. The Kier molecular flexibility index (Phi) is 10.4. The van der Waals surface area contributed by atoms with Gasteiger partial charge in [0.1, 0.15) is 5.60 Å². The van der Waals surface area contributed by atoms with Crippen molar-refractivity contribution in [1.29, 1.82) is 0 Å². The zero-order valence-corrected chi connectivity index (χ0v) is 24.2. The molecular formula is C24H24BrI2N3O3. The van der Waals surface area contributed by atoms with Gasteiger partial charge in [-0.25, -0.2) is 4.79 Å². The molecule has 33 heavy (non-hydrogen) atoms. The average molecular weight is 736 g/mol. The number of ether oxygens (including phenoxy) is 1. The van der Waals surface area contributed by atoms with Crippen LogP contribution in [0, 0.1) is 7.14 Å². The summed E-state index contributed by atoms with van der Waals surface area (Å²) in [6, 6.07) is 20.3. The van der Waals surface area contributed by atoms with Gasteiger partial charge >= 0.3 is 6.09 Å². The van der Waals surface area contributed by atoms with E-state index in [1.54, 1.807) is 39.0 Å². The summed E-state index contributed by atoms with van der Waals surface area (Å²) < 4.78 is 8.12. The zero-order valence-electron chi connectivity index (χ0n) is 18.3. The highest BCUT2D eigenvalue weighted by Gasteiger charge is 2.20. The van der Waals surface area contributed by atoms with Crippen LogP contribution in [0.15, 0.2) is 71.2 Å². The summed E-state index contributed by atoms with van der Waals surface area (Å²) in [6.45, 7) is 5.33. The van der Waals surface area contributed by atoms with Crippen LogP contribution in [0.1, 0.15) is 31.1 Å². The number of rotatable bonds is 3. The van der Waals surface area contributed by atoms with Crippen LogP contribution in [0.5, 0.6) is 0 Å². The minimum absolute atomic E-state index is 0.326. The highest BCUT2D eigenvalue weighted by Crippen LogP contribution is 2.27. The van der Waals surface area contributed by atoms with Gasteiger partial charge in [-0.05, 0) is 143 Å². The SMILES string of the molecule is CC(C)(C)OC(=O)Nc1cccc(Br)c1C(=O)Nc1ccc(I)cc1.Nc1ccc(I)cc1. The Balaban J connectivity index is 0.000000405. The first-order valence-electron chi connectivity index (χ1n) is 9.81.